The molecule has 85 heavy (non-hydrogen) atoms. The Morgan fingerprint density at radius 3 is 1.38 bits per heavy atom. The molecule has 12 atom stereocenters. The van der Waals surface area contributed by atoms with Crippen LogP contribution in [0.3, 0.4) is 0 Å². The molecule has 1 saturated heterocycles. The number of rotatable bonds is 15. The Bertz CT molecular complexity index is 2320. The maximum atomic E-state index is 15.1. The lowest BCUT2D eigenvalue weighted by atomic mass is 9.85. The maximum absolute atomic E-state index is 15.1. The maximum Gasteiger partial charge on any atom is 0.246 e. The van der Waals surface area contributed by atoms with Crippen LogP contribution in [0.15, 0.2) is 12.2 Å². The lowest BCUT2D eigenvalue weighted by Crippen LogP contribution is -2.63. The highest BCUT2D eigenvalue weighted by atomic mass is 16.3. The van der Waals surface area contributed by atoms with Gasteiger partial charge in [0.05, 0.1) is 18.7 Å². The zero-order valence-electron chi connectivity index (χ0n) is 56.3. The third-order valence-corrected chi connectivity index (χ3v) is 16.5. The molecule has 0 radical (unpaired) electrons. The summed E-state index contributed by atoms with van der Waals surface area (Å²) in [5, 5.41) is 20.3. The van der Waals surface area contributed by atoms with Gasteiger partial charge >= 0.3 is 0 Å². The van der Waals surface area contributed by atoms with Crippen LogP contribution < -0.4 is 16.0 Å². The second-order valence-electron chi connectivity index (χ2n) is 26.4. The van der Waals surface area contributed by atoms with Crippen molar-refractivity contribution in [3.05, 3.63) is 12.2 Å². The molecule has 1 aliphatic heterocycles. The molecule has 0 aromatic rings. The van der Waals surface area contributed by atoms with Gasteiger partial charge in [-0.3, -0.25) is 52.7 Å². The summed E-state index contributed by atoms with van der Waals surface area (Å²) in [6, 6.07) is -10.9. The number of nitrogens with one attached hydrogen (secondary N) is 3. The van der Waals surface area contributed by atoms with E-state index in [9.17, 15) is 48.3 Å². The molecule has 0 unspecified atom stereocenters. The molecule has 1 heterocycles. The molecule has 22 heteroatoms. The van der Waals surface area contributed by atoms with Crippen LogP contribution >= 0.6 is 0 Å². The third-order valence-electron chi connectivity index (χ3n) is 16.5. The Morgan fingerprint density at radius 2 is 0.918 bits per heavy atom. The smallest absolute Gasteiger partial charge is 0.246 e. The van der Waals surface area contributed by atoms with Crippen LogP contribution in [0.25, 0.3) is 0 Å². The van der Waals surface area contributed by atoms with E-state index in [2.05, 4.69) is 16.0 Å². The minimum atomic E-state index is -1.60. The van der Waals surface area contributed by atoms with Crippen molar-refractivity contribution in [2.24, 2.45) is 47.3 Å². The molecule has 0 aromatic heterocycles. The highest BCUT2D eigenvalue weighted by molar-refractivity contribution is 5.99. The standard InChI is InChI=1S/C63H112N10O12/c1-25-27-28-41(15)54(76)53-57(79)66-45(26-2)60(82)67(18)34-51(75)68(19)46(29-35(3)4)50(74)33-44(39(11)12)59(81)69(20)47(30-36(5)6)56(78)64-42(16)55(77)65-43(17)58(80)70(21)48(31-37(7)8)61(83)71(22)49(32-38(9)10)62(84)72(23)52(40(13)14)63(85)73(53)24/h25,27,35-49,52-54,76H,26,28-34H2,1-24H3,(H,64,78)(H,65,77)(H,66,79)/b27-25+/t41-,42+,43-,44+,45+,46+,47+,48+,49+,52+,53+,54-/m1/s1. The zero-order valence-corrected chi connectivity index (χ0v) is 56.3. The van der Waals surface area contributed by atoms with Crippen LogP contribution in [0.1, 0.15) is 163 Å². The molecule has 1 rings (SSSR count). The van der Waals surface area contributed by atoms with Gasteiger partial charge in [-0.15, -0.1) is 0 Å². The van der Waals surface area contributed by atoms with Crippen molar-refractivity contribution in [3.8, 4) is 0 Å². The van der Waals surface area contributed by atoms with Gasteiger partial charge < -0.3 is 55.4 Å². The monoisotopic (exact) mass is 1200 g/mol. The van der Waals surface area contributed by atoms with Crippen molar-refractivity contribution in [1.29, 1.82) is 0 Å². The normalized spacial score (nSPS) is 27.0. The Morgan fingerprint density at radius 1 is 0.482 bits per heavy atom. The van der Waals surface area contributed by atoms with E-state index in [4.69, 9.17) is 0 Å². The number of likely N-dealkylation sites (N-methyl/N-ethyl adjacent to an activating group) is 7. The topological polar surface area (TPSA) is 267 Å². The Hall–Kier alpha value is -5.93. The van der Waals surface area contributed by atoms with Crippen molar-refractivity contribution in [3.63, 3.8) is 0 Å². The summed E-state index contributed by atoms with van der Waals surface area (Å²) in [6.07, 6.45) is 2.88. The third kappa shape index (κ3) is 21.8. The number of hydrogen-bond acceptors (Lipinski definition) is 12. The number of carbonyl (C=O) groups is 11. The number of hydrogen-bond donors (Lipinski definition) is 4. The molecular weight excluding hydrogens is 1090 g/mol. The van der Waals surface area contributed by atoms with Gasteiger partial charge in [-0.1, -0.05) is 109 Å². The highest BCUT2D eigenvalue weighted by Gasteiger charge is 2.45. The molecule has 10 amide bonds. The number of amides is 10. The first-order valence-corrected chi connectivity index (χ1v) is 30.8. The van der Waals surface area contributed by atoms with Gasteiger partial charge in [0.15, 0.2) is 5.78 Å². The fourth-order valence-electron chi connectivity index (χ4n) is 11.0. The summed E-state index contributed by atoms with van der Waals surface area (Å²) in [7, 11) is 10.0. The largest absolute Gasteiger partial charge is 0.390 e. The van der Waals surface area contributed by atoms with Gasteiger partial charge in [-0.2, -0.15) is 0 Å². The molecule has 486 valence electrons. The molecule has 22 nitrogen and oxygen atoms in total. The summed E-state index contributed by atoms with van der Waals surface area (Å²) in [5.41, 5.74) is 0. The van der Waals surface area contributed by atoms with Crippen LogP contribution in [-0.2, 0) is 52.7 Å². The molecule has 4 N–H and O–H groups in total. The van der Waals surface area contributed by atoms with Crippen LogP contribution in [-0.4, -0.2) is 221 Å². The molecule has 0 bridgehead atoms. The van der Waals surface area contributed by atoms with Crippen molar-refractivity contribution < 1.29 is 57.8 Å². The fraction of sp³-hybridized carbons (Fsp3) is 0.794. The van der Waals surface area contributed by atoms with E-state index in [1.54, 1.807) is 54.5 Å². The van der Waals surface area contributed by atoms with Crippen LogP contribution in [0.2, 0.25) is 0 Å². The number of aliphatic hydroxyl groups is 1. The predicted molar refractivity (Wildman–Crippen MR) is 330 cm³/mol. The van der Waals surface area contributed by atoms with Gasteiger partial charge in [0.1, 0.15) is 48.3 Å². The summed E-state index contributed by atoms with van der Waals surface area (Å²) < 4.78 is 0. The van der Waals surface area contributed by atoms with E-state index >= 15 is 9.59 Å². The van der Waals surface area contributed by atoms with E-state index in [0.29, 0.717) is 6.42 Å². The lowest BCUT2D eigenvalue weighted by molar-refractivity contribution is -0.157. The van der Waals surface area contributed by atoms with Crippen LogP contribution in [0, 0.1) is 47.3 Å². The molecule has 0 aromatic carbocycles. The van der Waals surface area contributed by atoms with Crippen molar-refractivity contribution >= 4 is 64.9 Å². The van der Waals surface area contributed by atoms with Gasteiger partial charge in [0.2, 0.25) is 59.1 Å². The second kappa shape index (κ2) is 35.0. The van der Waals surface area contributed by atoms with E-state index in [-0.39, 0.29) is 62.2 Å². The number of allylic oxidation sites excluding steroid dienone is 2. The SMILES string of the molecule is C/C=C/C[C@@H](C)[C@@H](O)[C@H]1C(=O)N[C@@H](CC)C(=O)N(C)CC(=O)N(C)[C@@H](CC(C)C)C(=O)C[C@@H](C(C)C)C(=O)N(C)[C@@H](CC(C)C)C(=O)N[C@@H](C)C(=O)N[C@H](C)C(=O)N(C)[C@@H](CC(C)C)C(=O)N(C)[C@@H](CC(C)C)C(=O)N(C)[C@@H](C(C)C)C(=O)N1C. The first-order valence-electron chi connectivity index (χ1n) is 30.8. The quantitative estimate of drug-likeness (QED) is 0.167. The van der Waals surface area contributed by atoms with Gasteiger partial charge in [0, 0.05) is 61.7 Å². The predicted octanol–water partition coefficient (Wildman–Crippen LogP) is 4.36. The molecular formula is C63H112N10O12. The summed E-state index contributed by atoms with van der Waals surface area (Å²) in [4.78, 5) is 169. The summed E-state index contributed by atoms with van der Waals surface area (Å²) >= 11 is 0. The molecule has 0 spiro atoms. The van der Waals surface area contributed by atoms with E-state index < -0.39 is 156 Å². The van der Waals surface area contributed by atoms with E-state index in [0.717, 1.165) is 9.80 Å². The van der Waals surface area contributed by atoms with Gasteiger partial charge in [0.25, 0.3) is 0 Å². The van der Waals surface area contributed by atoms with Crippen LogP contribution in [0.4, 0.5) is 0 Å². The fourth-order valence-corrected chi connectivity index (χ4v) is 11.0. The Labute approximate surface area is 509 Å². The van der Waals surface area contributed by atoms with Crippen LogP contribution in [0.5, 0.6) is 0 Å². The average Bonchev–Trinajstić information content (AvgIpc) is 3.62. The highest BCUT2D eigenvalue weighted by Crippen LogP contribution is 2.27. The molecule has 0 aliphatic carbocycles. The molecule has 0 saturated carbocycles. The van der Waals surface area contributed by atoms with E-state index in [1.165, 1.54) is 87.7 Å². The molecule has 1 aliphatic rings. The number of nitrogens with zero attached hydrogens (tertiary/aromatic N) is 7. The average molecular weight is 1200 g/mol. The van der Waals surface area contributed by atoms with Crippen molar-refractivity contribution in [2.75, 3.05) is 55.9 Å². The number of ketones is 1. The minimum Gasteiger partial charge on any atom is -0.390 e. The number of aliphatic hydroxyl groups excluding tert-OH is 1. The Balaban J connectivity index is 4.32. The van der Waals surface area contributed by atoms with E-state index in [1.807, 2.05) is 61.5 Å². The molecule has 1 fully saturated rings. The lowest BCUT2D eigenvalue weighted by Gasteiger charge is -2.41. The van der Waals surface area contributed by atoms with Gasteiger partial charge in [-0.25, -0.2) is 0 Å². The second-order valence-corrected chi connectivity index (χ2v) is 26.4. The number of carbonyl (C=O) groups excluding carboxylic acids is 11. The van der Waals surface area contributed by atoms with Crippen molar-refractivity contribution in [2.45, 2.75) is 223 Å². The first-order chi connectivity index (χ1) is 39.2. The van der Waals surface area contributed by atoms with Crippen molar-refractivity contribution in [1.82, 2.24) is 50.2 Å². The summed E-state index contributed by atoms with van der Waals surface area (Å²) in [6.45, 7) is 29.6. The van der Waals surface area contributed by atoms with Gasteiger partial charge in [-0.05, 0) is 101 Å². The zero-order chi connectivity index (χ0) is 66.0. The number of Topliss-reactive ketones (excluding diaryl/α,β-unsaturated/α-hetero) is 1. The Kier molecular flexibility index (Phi) is 31.8. The summed E-state index contributed by atoms with van der Waals surface area (Å²) in [5.74, 6) is -9.97. The minimum absolute atomic E-state index is 0.0329. The first kappa shape index (κ1) is 77.1.